The highest BCUT2D eigenvalue weighted by Crippen LogP contribution is 2.31. The quantitative estimate of drug-likeness (QED) is 0.819. The molecule has 0 radical (unpaired) electrons. The summed E-state index contributed by atoms with van der Waals surface area (Å²) >= 11 is 2.41. The largest absolute Gasteiger partial charge is 0.316 e. The third kappa shape index (κ3) is 2.79. The lowest BCUT2D eigenvalue weighted by atomic mass is 9.88. The Balaban J connectivity index is 2.00. The van der Waals surface area contributed by atoms with Gasteiger partial charge >= 0.3 is 0 Å². The molecule has 1 heterocycles. The molecular weight excluding hydrogens is 359 g/mol. The van der Waals surface area contributed by atoms with Gasteiger partial charge in [0.05, 0.1) is 0 Å². The number of aromatic nitrogens is 1. The van der Waals surface area contributed by atoms with E-state index in [1.165, 1.54) is 25.5 Å². The standard InChI is InChI=1S/C17H17IN2/c1-19-10-12-3-2-4-13(7-12)15-8-14-5-6-20-11-16(14)17(18)9-15/h2-3,5-9,11,13,19H,4,10H2,1H3. The maximum Gasteiger partial charge on any atom is 0.0357 e. The lowest BCUT2D eigenvalue weighted by Gasteiger charge is -2.18. The molecule has 1 atom stereocenters. The number of hydrogen-bond acceptors (Lipinski definition) is 2. The summed E-state index contributed by atoms with van der Waals surface area (Å²) in [4.78, 5) is 4.22. The number of benzene rings is 1. The highest BCUT2D eigenvalue weighted by atomic mass is 127. The SMILES string of the molecule is CNCC1=CC(c2cc(I)c3cnccc3c2)CC=C1. The van der Waals surface area contributed by atoms with Crippen LogP contribution in [-0.4, -0.2) is 18.6 Å². The van der Waals surface area contributed by atoms with Crippen LogP contribution in [0.4, 0.5) is 0 Å². The van der Waals surface area contributed by atoms with Gasteiger partial charge in [0.1, 0.15) is 0 Å². The van der Waals surface area contributed by atoms with Crippen molar-refractivity contribution in [3.8, 4) is 0 Å². The van der Waals surface area contributed by atoms with E-state index in [0.29, 0.717) is 5.92 Å². The van der Waals surface area contributed by atoms with Crippen molar-refractivity contribution in [2.75, 3.05) is 13.6 Å². The predicted molar refractivity (Wildman–Crippen MR) is 93.0 cm³/mol. The molecule has 20 heavy (non-hydrogen) atoms. The summed E-state index contributed by atoms with van der Waals surface area (Å²) in [6, 6.07) is 6.69. The van der Waals surface area contributed by atoms with Crippen molar-refractivity contribution >= 4 is 33.4 Å². The maximum atomic E-state index is 4.22. The van der Waals surface area contributed by atoms with Crippen molar-refractivity contribution in [3.63, 3.8) is 0 Å². The first-order valence-corrected chi connectivity index (χ1v) is 7.91. The Kier molecular flexibility index (Phi) is 4.17. The van der Waals surface area contributed by atoms with Crippen molar-refractivity contribution in [2.45, 2.75) is 12.3 Å². The maximum absolute atomic E-state index is 4.22. The minimum Gasteiger partial charge on any atom is -0.316 e. The van der Waals surface area contributed by atoms with Gasteiger partial charge in [0.25, 0.3) is 0 Å². The van der Waals surface area contributed by atoms with Crippen molar-refractivity contribution < 1.29 is 0 Å². The van der Waals surface area contributed by atoms with E-state index in [1.807, 2.05) is 19.4 Å². The Morgan fingerprint density at radius 3 is 3.15 bits per heavy atom. The minimum absolute atomic E-state index is 0.481. The lowest BCUT2D eigenvalue weighted by molar-refractivity contribution is 0.814. The first kappa shape index (κ1) is 13.8. The predicted octanol–water partition coefficient (Wildman–Crippen LogP) is 4.03. The molecule has 1 aliphatic rings. The summed E-state index contributed by atoms with van der Waals surface area (Å²) in [5.74, 6) is 0.481. The van der Waals surface area contributed by atoms with Crippen molar-refractivity contribution in [1.29, 1.82) is 0 Å². The minimum atomic E-state index is 0.481. The van der Waals surface area contributed by atoms with Crippen LogP contribution < -0.4 is 5.32 Å². The Bertz CT molecular complexity index is 688. The van der Waals surface area contributed by atoms with Gasteiger partial charge in [-0.2, -0.15) is 0 Å². The average Bonchev–Trinajstić information content (AvgIpc) is 2.48. The Morgan fingerprint density at radius 2 is 2.30 bits per heavy atom. The molecule has 1 aromatic heterocycles. The van der Waals surface area contributed by atoms with Crippen LogP contribution >= 0.6 is 22.6 Å². The molecule has 1 unspecified atom stereocenters. The molecule has 3 heteroatoms. The fraction of sp³-hybridized carbons (Fsp3) is 0.235. The third-order valence-corrected chi connectivity index (χ3v) is 4.57. The van der Waals surface area contributed by atoms with E-state index in [4.69, 9.17) is 0 Å². The van der Waals surface area contributed by atoms with Gasteiger partial charge in [-0.1, -0.05) is 24.3 Å². The zero-order valence-corrected chi connectivity index (χ0v) is 13.6. The number of nitrogens with one attached hydrogen (secondary N) is 1. The van der Waals surface area contributed by atoms with Gasteiger partial charge in [0.15, 0.2) is 0 Å². The van der Waals surface area contributed by atoms with Gasteiger partial charge < -0.3 is 5.32 Å². The van der Waals surface area contributed by atoms with Crippen molar-refractivity contribution in [3.05, 3.63) is 63.5 Å². The van der Waals surface area contributed by atoms with Crippen LogP contribution in [0, 0.1) is 3.57 Å². The van der Waals surface area contributed by atoms with Crippen molar-refractivity contribution in [1.82, 2.24) is 10.3 Å². The first-order chi connectivity index (χ1) is 9.78. The second-order valence-electron chi connectivity index (χ2n) is 5.12. The summed E-state index contributed by atoms with van der Waals surface area (Å²) in [6.07, 6.45) is 11.8. The van der Waals surface area contributed by atoms with Gasteiger partial charge in [-0.15, -0.1) is 0 Å². The highest BCUT2D eigenvalue weighted by molar-refractivity contribution is 14.1. The molecular formula is C17H17IN2. The summed E-state index contributed by atoms with van der Waals surface area (Å²) in [6.45, 7) is 0.932. The van der Waals surface area contributed by atoms with E-state index >= 15 is 0 Å². The molecule has 2 aromatic rings. The van der Waals surface area contributed by atoms with Gasteiger partial charge in [-0.05, 0) is 64.7 Å². The number of halogens is 1. The summed E-state index contributed by atoms with van der Waals surface area (Å²) in [7, 11) is 1.99. The number of rotatable bonds is 3. The first-order valence-electron chi connectivity index (χ1n) is 6.83. The van der Waals surface area contributed by atoms with E-state index in [0.717, 1.165) is 13.0 Å². The number of allylic oxidation sites excluding steroid dienone is 2. The number of hydrogen-bond donors (Lipinski definition) is 1. The molecule has 1 aromatic carbocycles. The summed E-state index contributed by atoms with van der Waals surface area (Å²) in [5, 5.41) is 5.74. The molecule has 0 spiro atoms. The van der Waals surface area contributed by atoms with Gasteiger partial charge in [-0.3, -0.25) is 4.98 Å². The Morgan fingerprint density at radius 1 is 1.40 bits per heavy atom. The molecule has 0 saturated heterocycles. The smallest absolute Gasteiger partial charge is 0.0357 e. The normalized spacial score (nSPS) is 18.3. The molecule has 0 aliphatic heterocycles. The highest BCUT2D eigenvalue weighted by Gasteiger charge is 2.13. The zero-order chi connectivity index (χ0) is 13.9. The number of pyridine rings is 1. The fourth-order valence-corrected chi connectivity index (χ4v) is 3.50. The van der Waals surface area contributed by atoms with Crippen LogP contribution in [0.25, 0.3) is 10.8 Å². The third-order valence-electron chi connectivity index (χ3n) is 3.67. The second kappa shape index (κ2) is 6.06. The molecule has 102 valence electrons. The van der Waals surface area contributed by atoms with E-state index < -0.39 is 0 Å². The van der Waals surface area contributed by atoms with E-state index in [-0.39, 0.29) is 0 Å². The number of fused-ring (bicyclic) bond motifs is 1. The average molecular weight is 376 g/mol. The van der Waals surface area contributed by atoms with E-state index in [9.17, 15) is 0 Å². The van der Waals surface area contributed by atoms with E-state index in [2.05, 4.69) is 69.3 Å². The van der Waals surface area contributed by atoms with Crippen LogP contribution in [0.15, 0.2) is 54.4 Å². The van der Waals surface area contributed by atoms with Crippen molar-refractivity contribution in [2.24, 2.45) is 0 Å². The van der Waals surface area contributed by atoms with Crippen LogP contribution in [0.5, 0.6) is 0 Å². The van der Waals surface area contributed by atoms with Crippen LogP contribution in [0.1, 0.15) is 17.9 Å². The second-order valence-corrected chi connectivity index (χ2v) is 6.28. The van der Waals surface area contributed by atoms with Crippen LogP contribution in [0.2, 0.25) is 0 Å². The summed E-state index contributed by atoms with van der Waals surface area (Å²) in [5.41, 5.74) is 2.76. The van der Waals surface area contributed by atoms with E-state index in [1.54, 1.807) is 0 Å². The monoisotopic (exact) mass is 376 g/mol. The molecule has 3 rings (SSSR count). The molecule has 0 saturated carbocycles. The van der Waals surface area contributed by atoms with Gasteiger partial charge in [-0.25, -0.2) is 0 Å². The molecule has 1 N–H and O–H groups in total. The summed E-state index contributed by atoms with van der Waals surface area (Å²) < 4.78 is 1.28. The number of likely N-dealkylation sites (N-methyl/N-ethyl adjacent to an activating group) is 1. The molecule has 0 bridgehead atoms. The van der Waals surface area contributed by atoms with Gasteiger partial charge in [0.2, 0.25) is 0 Å². The number of nitrogens with zero attached hydrogens (tertiary/aromatic N) is 1. The molecule has 1 aliphatic carbocycles. The van der Waals surface area contributed by atoms with Crippen LogP contribution in [-0.2, 0) is 0 Å². The topological polar surface area (TPSA) is 24.9 Å². The van der Waals surface area contributed by atoms with Crippen LogP contribution in [0.3, 0.4) is 0 Å². The molecule has 2 nitrogen and oxygen atoms in total. The lowest BCUT2D eigenvalue weighted by Crippen LogP contribution is -2.12. The Labute approximate surface area is 133 Å². The fourth-order valence-electron chi connectivity index (χ4n) is 2.69. The molecule has 0 fully saturated rings. The Hall–Kier alpha value is -1.20. The zero-order valence-electron chi connectivity index (χ0n) is 11.4. The van der Waals surface area contributed by atoms with Gasteiger partial charge in [0, 0.05) is 33.8 Å². The molecule has 0 amide bonds.